The van der Waals surface area contributed by atoms with Crippen LogP contribution in [0.3, 0.4) is 0 Å². The molecule has 0 saturated carbocycles. The number of carboxylic acids is 1. The number of alkyl halides is 3. The summed E-state index contributed by atoms with van der Waals surface area (Å²) in [5.74, 6) is -2.76. The number of aromatic nitrogens is 2. The van der Waals surface area contributed by atoms with Gasteiger partial charge in [0.2, 0.25) is 0 Å². The quantitative estimate of drug-likeness (QED) is 0.517. The van der Waals surface area contributed by atoms with E-state index in [-0.39, 0.29) is 18.7 Å². The predicted octanol–water partition coefficient (Wildman–Crippen LogP) is 4.82. The molecule has 4 rings (SSSR count). The molecule has 0 fully saturated rings. The van der Waals surface area contributed by atoms with Crippen molar-refractivity contribution in [2.75, 3.05) is 11.4 Å². The first-order valence-corrected chi connectivity index (χ1v) is 11.2. The van der Waals surface area contributed by atoms with Gasteiger partial charge in [0.15, 0.2) is 0 Å². The first-order chi connectivity index (χ1) is 17.1. The number of imidazole rings is 1. The Hall–Kier alpha value is -3.86. The lowest BCUT2D eigenvalue weighted by Crippen LogP contribution is -2.32. The molecule has 3 aromatic rings. The topological polar surface area (TPSA) is 96.7 Å². The van der Waals surface area contributed by atoms with E-state index in [2.05, 4.69) is 16.4 Å². The second-order valence-electron chi connectivity index (χ2n) is 8.16. The molecule has 2 aromatic carbocycles. The maximum atomic E-state index is 12.8. The number of fused-ring (bicyclic) bond motifs is 1. The Kier molecular flexibility index (Phi) is 9.07. The summed E-state index contributed by atoms with van der Waals surface area (Å²) in [6.07, 6.45) is 0.291. The monoisotopic (exact) mass is 504 g/mol. The molecule has 0 aliphatic carbocycles. The van der Waals surface area contributed by atoms with Crippen molar-refractivity contribution in [2.45, 2.75) is 38.2 Å². The predicted molar refractivity (Wildman–Crippen MR) is 126 cm³/mol. The second-order valence-corrected chi connectivity index (χ2v) is 8.16. The minimum atomic E-state index is -5.08. The third-order valence-corrected chi connectivity index (χ3v) is 5.43. The molecule has 1 amide bonds. The van der Waals surface area contributed by atoms with Crippen molar-refractivity contribution in [3.63, 3.8) is 0 Å². The van der Waals surface area contributed by atoms with Crippen LogP contribution >= 0.6 is 0 Å². The Balaban J connectivity index is 0.000000454. The van der Waals surface area contributed by atoms with Gasteiger partial charge in [-0.15, -0.1) is 0 Å². The van der Waals surface area contributed by atoms with Crippen molar-refractivity contribution >= 4 is 17.7 Å². The van der Waals surface area contributed by atoms with E-state index in [1.807, 2.05) is 72.7 Å². The van der Waals surface area contributed by atoms with Crippen molar-refractivity contribution in [1.82, 2.24) is 14.9 Å². The Morgan fingerprint density at radius 3 is 2.44 bits per heavy atom. The number of nitrogens with one attached hydrogen (secondary N) is 1. The number of benzene rings is 2. The number of amides is 1. The molecule has 8 nitrogen and oxygen atoms in total. The lowest BCUT2D eigenvalue weighted by molar-refractivity contribution is -0.192. The van der Waals surface area contributed by atoms with Gasteiger partial charge in [-0.3, -0.25) is 4.90 Å². The summed E-state index contributed by atoms with van der Waals surface area (Å²) in [5.41, 5.74) is 4.03. The number of halogens is 3. The zero-order valence-corrected chi connectivity index (χ0v) is 19.6. The summed E-state index contributed by atoms with van der Waals surface area (Å²) in [6, 6.07) is 18.0. The van der Waals surface area contributed by atoms with E-state index in [9.17, 15) is 18.0 Å². The molecule has 0 spiro atoms. The minimum Gasteiger partial charge on any atom is -0.475 e. The summed E-state index contributed by atoms with van der Waals surface area (Å²) in [4.78, 5) is 27.9. The number of aliphatic carboxylic acids is 1. The van der Waals surface area contributed by atoms with Crippen LogP contribution in [0.25, 0.3) is 0 Å². The number of carbonyl (C=O) groups excluding carboxylic acids is 1. The van der Waals surface area contributed by atoms with Crippen LogP contribution in [0.4, 0.5) is 23.7 Å². The summed E-state index contributed by atoms with van der Waals surface area (Å²) >= 11 is 0. The van der Waals surface area contributed by atoms with Crippen molar-refractivity contribution in [3.8, 4) is 0 Å². The molecule has 0 radical (unpaired) electrons. The number of nitrogens with zero attached hydrogens (tertiary/aromatic N) is 3. The maximum Gasteiger partial charge on any atom is 0.490 e. The molecule has 0 bridgehead atoms. The van der Waals surface area contributed by atoms with Gasteiger partial charge in [0.05, 0.1) is 17.7 Å². The van der Waals surface area contributed by atoms with Crippen LogP contribution in [0.2, 0.25) is 0 Å². The SMILES string of the molecule is Cn1cnc(CNC2CCCN(C(=O)OCc3ccccc3)c3ccccc32)c1.O=C(O)C(F)(F)F. The normalized spacial score (nSPS) is 15.2. The molecule has 1 unspecified atom stereocenters. The zero-order valence-electron chi connectivity index (χ0n) is 19.6. The Morgan fingerprint density at radius 2 is 1.81 bits per heavy atom. The van der Waals surface area contributed by atoms with Crippen LogP contribution in [-0.2, 0) is 29.7 Å². The molecule has 36 heavy (non-hydrogen) atoms. The van der Waals surface area contributed by atoms with E-state index < -0.39 is 12.1 Å². The molecule has 2 heterocycles. The highest BCUT2D eigenvalue weighted by atomic mass is 19.4. The summed E-state index contributed by atoms with van der Waals surface area (Å²) in [7, 11) is 1.97. The summed E-state index contributed by atoms with van der Waals surface area (Å²) < 4.78 is 39.3. The van der Waals surface area contributed by atoms with Crippen LogP contribution in [0.5, 0.6) is 0 Å². The van der Waals surface area contributed by atoms with Gasteiger partial charge in [0, 0.05) is 32.4 Å². The molecule has 0 saturated heterocycles. The number of para-hydroxylation sites is 1. The number of carboxylic acid groups (broad SMARTS) is 1. The molecule has 2 N–H and O–H groups in total. The number of hydrogen-bond acceptors (Lipinski definition) is 5. The fourth-order valence-corrected chi connectivity index (χ4v) is 3.74. The average molecular weight is 505 g/mol. The van der Waals surface area contributed by atoms with Gasteiger partial charge >= 0.3 is 18.2 Å². The van der Waals surface area contributed by atoms with Gasteiger partial charge < -0.3 is 19.7 Å². The number of hydrogen-bond donors (Lipinski definition) is 2. The molecule has 192 valence electrons. The third kappa shape index (κ3) is 7.57. The van der Waals surface area contributed by atoms with Crippen molar-refractivity contribution in [1.29, 1.82) is 0 Å². The van der Waals surface area contributed by atoms with Gasteiger partial charge in [0.1, 0.15) is 6.61 Å². The number of ether oxygens (including phenoxy) is 1. The number of anilines is 1. The Morgan fingerprint density at radius 1 is 1.14 bits per heavy atom. The maximum absolute atomic E-state index is 12.8. The highest BCUT2D eigenvalue weighted by Crippen LogP contribution is 2.33. The average Bonchev–Trinajstić information content (AvgIpc) is 3.18. The van der Waals surface area contributed by atoms with Crippen LogP contribution in [0.1, 0.15) is 35.7 Å². The first kappa shape index (κ1) is 26.7. The van der Waals surface area contributed by atoms with E-state index >= 15 is 0 Å². The fourth-order valence-electron chi connectivity index (χ4n) is 3.74. The largest absolute Gasteiger partial charge is 0.490 e. The highest BCUT2D eigenvalue weighted by molar-refractivity contribution is 5.89. The van der Waals surface area contributed by atoms with Gasteiger partial charge in [-0.05, 0) is 30.0 Å². The van der Waals surface area contributed by atoms with Gasteiger partial charge in [-0.25, -0.2) is 14.6 Å². The van der Waals surface area contributed by atoms with Crippen LogP contribution in [0, 0.1) is 0 Å². The number of carbonyl (C=O) groups is 2. The van der Waals surface area contributed by atoms with Crippen LogP contribution < -0.4 is 10.2 Å². The Bertz CT molecular complexity index is 1150. The van der Waals surface area contributed by atoms with Gasteiger partial charge in [0.25, 0.3) is 0 Å². The molecule has 1 aliphatic rings. The second kappa shape index (κ2) is 12.2. The van der Waals surface area contributed by atoms with E-state index in [1.165, 1.54) is 0 Å². The minimum absolute atomic E-state index is 0.167. The van der Waals surface area contributed by atoms with Gasteiger partial charge in [-0.2, -0.15) is 13.2 Å². The van der Waals surface area contributed by atoms with Crippen molar-refractivity contribution < 1.29 is 32.6 Å². The Labute approximate surface area is 206 Å². The summed E-state index contributed by atoms with van der Waals surface area (Å²) in [5, 5.41) is 10.7. The van der Waals surface area contributed by atoms with E-state index in [1.54, 1.807) is 4.90 Å². The van der Waals surface area contributed by atoms with E-state index in [0.717, 1.165) is 35.3 Å². The van der Waals surface area contributed by atoms with Crippen LogP contribution in [-0.4, -0.2) is 39.4 Å². The zero-order chi connectivity index (χ0) is 26.1. The van der Waals surface area contributed by atoms with Crippen molar-refractivity contribution in [2.24, 2.45) is 7.05 Å². The van der Waals surface area contributed by atoms with E-state index in [0.29, 0.717) is 13.1 Å². The summed E-state index contributed by atoms with van der Waals surface area (Å²) in [6.45, 7) is 1.62. The fraction of sp³-hybridized carbons (Fsp3) is 0.320. The number of rotatable bonds is 5. The van der Waals surface area contributed by atoms with Gasteiger partial charge in [-0.1, -0.05) is 48.5 Å². The number of aryl methyl sites for hydroxylation is 1. The molecule has 1 aromatic heterocycles. The van der Waals surface area contributed by atoms with Crippen molar-refractivity contribution in [3.05, 3.63) is 83.9 Å². The highest BCUT2D eigenvalue weighted by Gasteiger charge is 2.38. The smallest absolute Gasteiger partial charge is 0.475 e. The molecule has 11 heteroatoms. The first-order valence-electron chi connectivity index (χ1n) is 11.2. The van der Waals surface area contributed by atoms with Crippen LogP contribution in [0.15, 0.2) is 67.1 Å². The lowest BCUT2D eigenvalue weighted by atomic mass is 10.0. The molecule has 1 aliphatic heterocycles. The molecular formula is C25H27F3N4O4. The molecular weight excluding hydrogens is 477 g/mol. The van der Waals surface area contributed by atoms with E-state index in [4.69, 9.17) is 14.6 Å². The lowest BCUT2D eigenvalue weighted by Gasteiger charge is -2.24. The third-order valence-electron chi connectivity index (χ3n) is 5.43. The molecule has 1 atom stereocenters. The standard InChI is InChI=1S/C23H26N4O2.C2HF3O2/c1-26-15-19(25-17-26)14-24-21-11-7-13-27(22-12-6-5-10-20(21)22)23(28)29-16-18-8-3-2-4-9-18;3-2(4,5)1(6)7/h2-6,8-10,12,15,17,21,24H,7,11,13-14,16H2,1H3;(H,6,7).